The van der Waals surface area contributed by atoms with E-state index in [2.05, 4.69) is 41.2 Å². The first-order valence-corrected chi connectivity index (χ1v) is 17.9. The number of carbonyl (C=O) groups is 1. The summed E-state index contributed by atoms with van der Waals surface area (Å²) < 4.78 is 41.1. The van der Waals surface area contributed by atoms with Crippen molar-refractivity contribution in [3.63, 3.8) is 0 Å². The highest BCUT2D eigenvalue weighted by Gasteiger charge is 2.42. The standard InChI is InChI=1S/C38H48ClNO6S/c1-24(2)18-34-31(27-14-16-29(17-15-27)47(43,44)40(8)22-26-12-10-9-11-13-26)21-30(25(3)4)36(46-34)32-19-28(38(5,6)7)20-33(39)37(32)45-23-35(41)42/h9-17,19-20,24,30-31,34,36H,3,18,21-23H2,1-2,4-8H3,(H,41,42)/t30-,31-,34+,36+/m0/s1. The summed E-state index contributed by atoms with van der Waals surface area (Å²) in [5.74, 6) is -0.624. The first-order chi connectivity index (χ1) is 22.0. The molecule has 9 heteroatoms. The zero-order valence-corrected chi connectivity index (χ0v) is 30.1. The number of sulfonamides is 1. The topological polar surface area (TPSA) is 93.1 Å². The van der Waals surface area contributed by atoms with Gasteiger partial charge in [-0.15, -0.1) is 0 Å². The predicted octanol–water partition coefficient (Wildman–Crippen LogP) is 8.77. The molecule has 1 fully saturated rings. The minimum Gasteiger partial charge on any atom is -0.480 e. The second-order valence-electron chi connectivity index (χ2n) is 14.1. The molecule has 3 aromatic rings. The van der Waals surface area contributed by atoms with Crippen LogP contribution in [0.25, 0.3) is 0 Å². The van der Waals surface area contributed by atoms with E-state index in [9.17, 15) is 18.3 Å². The van der Waals surface area contributed by atoms with Crippen LogP contribution in [0.2, 0.25) is 5.02 Å². The summed E-state index contributed by atoms with van der Waals surface area (Å²) in [5.41, 5.74) is 4.30. The maximum Gasteiger partial charge on any atom is 0.341 e. The van der Waals surface area contributed by atoms with Crippen molar-refractivity contribution in [3.8, 4) is 5.75 Å². The number of aliphatic carboxylic acids is 1. The number of rotatable bonds is 12. The van der Waals surface area contributed by atoms with Crippen LogP contribution in [0.4, 0.5) is 0 Å². The Morgan fingerprint density at radius 2 is 1.74 bits per heavy atom. The lowest BCUT2D eigenvalue weighted by molar-refractivity contribution is -0.139. The molecule has 0 unspecified atom stereocenters. The van der Waals surface area contributed by atoms with Crippen molar-refractivity contribution in [2.45, 2.75) is 89.4 Å². The fourth-order valence-corrected chi connectivity index (χ4v) is 7.69. The first-order valence-electron chi connectivity index (χ1n) is 16.1. The van der Waals surface area contributed by atoms with Crippen molar-refractivity contribution in [3.05, 3.63) is 106 Å². The van der Waals surface area contributed by atoms with E-state index in [4.69, 9.17) is 21.1 Å². The van der Waals surface area contributed by atoms with Gasteiger partial charge < -0.3 is 14.6 Å². The molecule has 1 aliphatic rings. The van der Waals surface area contributed by atoms with E-state index in [1.165, 1.54) is 4.31 Å². The molecule has 1 heterocycles. The zero-order valence-electron chi connectivity index (χ0n) is 28.5. The number of hydrogen-bond donors (Lipinski definition) is 1. The van der Waals surface area contributed by atoms with E-state index in [-0.39, 0.29) is 34.8 Å². The summed E-state index contributed by atoms with van der Waals surface area (Å²) in [4.78, 5) is 11.7. The Bertz CT molecular complexity index is 1660. The van der Waals surface area contributed by atoms with Crippen LogP contribution in [0.1, 0.15) is 88.7 Å². The Morgan fingerprint density at radius 3 is 2.30 bits per heavy atom. The van der Waals surface area contributed by atoms with E-state index >= 15 is 0 Å². The van der Waals surface area contributed by atoms with Gasteiger partial charge in [-0.25, -0.2) is 13.2 Å². The van der Waals surface area contributed by atoms with Crippen molar-refractivity contribution in [2.75, 3.05) is 13.7 Å². The molecule has 47 heavy (non-hydrogen) atoms. The van der Waals surface area contributed by atoms with Crippen LogP contribution in [0, 0.1) is 11.8 Å². The molecule has 0 saturated carbocycles. The van der Waals surface area contributed by atoms with Crippen LogP contribution in [-0.2, 0) is 31.5 Å². The normalized spacial score (nSPS) is 20.4. The summed E-state index contributed by atoms with van der Waals surface area (Å²) in [6.45, 7) is 16.6. The molecule has 0 bridgehead atoms. The van der Waals surface area contributed by atoms with E-state index in [1.54, 1.807) is 19.2 Å². The third-order valence-electron chi connectivity index (χ3n) is 8.83. The molecular weight excluding hydrogens is 634 g/mol. The summed E-state index contributed by atoms with van der Waals surface area (Å²) in [5, 5.41) is 9.75. The molecule has 1 N–H and O–H groups in total. The summed E-state index contributed by atoms with van der Waals surface area (Å²) in [6.07, 6.45) is 0.792. The molecule has 1 aliphatic heterocycles. The molecule has 4 rings (SSSR count). The highest BCUT2D eigenvalue weighted by molar-refractivity contribution is 7.89. The third-order valence-corrected chi connectivity index (χ3v) is 10.9. The van der Waals surface area contributed by atoms with Crippen LogP contribution >= 0.6 is 11.6 Å². The molecule has 1 saturated heterocycles. The lowest BCUT2D eigenvalue weighted by Gasteiger charge is -2.44. The molecule has 3 aromatic carbocycles. The minimum absolute atomic E-state index is 0.0289. The Balaban J connectivity index is 1.71. The Kier molecular flexibility index (Phi) is 11.7. The summed E-state index contributed by atoms with van der Waals surface area (Å²) in [7, 11) is -2.11. The SMILES string of the molecule is C=C(C)[C@@H]1C[C@@H](c2ccc(S(=O)(=O)N(C)Cc3ccccc3)cc2)[C@@H](CC(C)C)O[C@H]1c1cc(C(C)(C)C)cc(Cl)c1OCC(=O)O. The molecule has 0 amide bonds. The van der Waals surface area contributed by atoms with Crippen LogP contribution in [0.5, 0.6) is 5.75 Å². The van der Waals surface area contributed by atoms with Crippen LogP contribution in [-0.4, -0.2) is 43.6 Å². The summed E-state index contributed by atoms with van der Waals surface area (Å²) >= 11 is 6.79. The van der Waals surface area contributed by atoms with Gasteiger partial charge in [-0.1, -0.05) is 101 Å². The number of benzene rings is 3. The van der Waals surface area contributed by atoms with Crippen molar-refractivity contribution < 1.29 is 27.8 Å². The fraction of sp³-hybridized carbons (Fsp3) is 0.447. The van der Waals surface area contributed by atoms with Crippen LogP contribution in [0.15, 0.2) is 83.8 Å². The average Bonchev–Trinajstić information content (AvgIpc) is 2.99. The molecule has 0 radical (unpaired) electrons. The molecule has 4 atom stereocenters. The summed E-state index contributed by atoms with van der Waals surface area (Å²) in [6, 6.07) is 20.6. The van der Waals surface area contributed by atoms with Crippen molar-refractivity contribution in [2.24, 2.45) is 11.8 Å². The lowest BCUT2D eigenvalue weighted by Crippen LogP contribution is -2.37. The second kappa shape index (κ2) is 14.9. The number of ether oxygens (including phenoxy) is 2. The van der Waals surface area contributed by atoms with E-state index < -0.39 is 28.7 Å². The van der Waals surface area contributed by atoms with Gasteiger partial charge in [0, 0.05) is 31.0 Å². The van der Waals surface area contributed by atoms with Gasteiger partial charge >= 0.3 is 5.97 Å². The van der Waals surface area contributed by atoms with Crippen LogP contribution < -0.4 is 4.74 Å². The third kappa shape index (κ3) is 8.85. The Morgan fingerprint density at radius 1 is 1.11 bits per heavy atom. The number of nitrogens with zero attached hydrogens (tertiary/aromatic N) is 1. The van der Waals surface area contributed by atoms with Gasteiger partial charge in [0.1, 0.15) is 5.75 Å². The van der Waals surface area contributed by atoms with Gasteiger partial charge in [-0.2, -0.15) is 4.31 Å². The van der Waals surface area contributed by atoms with E-state index in [1.807, 2.05) is 61.5 Å². The molecular formula is C38H48ClNO6S. The maximum absolute atomic E-state index is 13.5. The second-order valence-corrected chi connectivity index (χ2v) is 16.6. The average molecular weight is 682 g/mol. The van der Waals surface area contributed by atoms with E-state index in [0.29, 0.717) is 28.7 Å². The highest BCUT2D eigenvalue weighted by atomic mass is 35.5. The fourth-order valence-electron chi connectivity index (χ4n) is 6.25. The number of carboxylic acid groups (broad SMARTS) is 1. The van der Waals surface area contributed by atoms with Gasteiger partial charge in [0.2, 0.25) is 10.0 Å². The molecule has 0 spiro atoms. The van der Waals surface area contributed by atoms with E-state index in [0.717, 1.165) is 28.7 Å². The number of carboxylic acids is 1. The molecule has 0 aliphatic carbocycles. The van der Waals surface area contributed by atoms with Crippen LogP contribution in [0.3, 0.4) is 0 Å². The maximum atomic E-state index is 13.5. The first kappa shape index (κ1) is 36.7. The van der Waals surface area contributed by atoms with Gasteiger partial charge in [-0.05, 0) is 72.1 Å². The monoisotopic (exact) mass is 681 g/mol. The predicted molar refractivity (Wildman–Crippen MR) is 188 cm³/mol. The quantitative estimate of drug-likeness (QED) is 0.192. The lowest BCUT2D eigenvalue weighted by atomic mass is 9.73. The smallest absolute Gasteiger partial charge is 0.341 e. The Labute approximate surface area is 285 Å². The minimum atomic E-state index is -3.70. The number of halogens is 1. The molecule has 254 valence electrons. The molecule has 0 aromatic heterocycles. The van der Waals surface area contributed by atoms with Gasteiger partial charge in [0.15, 0.2) is 6.61 Å². The van der Waals surface area contributed by atoms with Crippen molar-refractivity contribution in [1.82, 2.24) is 4.31 Å². The van der Waals surface area contributed by atoms with Gasteiger partial charge in [0.05, 0.1) is 22.1 Å². The van der Waals surface area contributed by atoms with Crippen molar-refractivity contribution in [1.29, 1.82) is 0 Å². The zero-order chi connectivity index (χ0) is 34.7. The number of hydrogen-bond acceptors (Lipinski definition) is 5. The van der Waals surface area contributed by atoms with Gasteiger partial charge in [0.25, 0.3) is 0 Å². The Hall–Kier alpha value is -3.17. The highest BCUT2D eigenvalue weighted by Crippen LogP contribution is 2.51. The largest absolute Gasteiger partial charge is 0.480 e. The molecule has 7 nitrogen and oxygen atoms in total. The van der Waals surface area contributed by atoms with Crippen molar-refractivity contribution >= 4 is 27.6 Å². The van der Waals surface area contributed by atoms with Gasteiger partial charge in [-0.3, -0.25) is 0 Å².